The van der Waals surface area contributed by atoms with Gasteiger partial charge in [-0.15, -0.1) is 11.3 Å². The highest BCUT2D eigenvalue weighted by molar-refractivity contribution is 7.22. The third-order valence-electron chi connectivity index (χ3n) is 5.09. The largest absolute Gasteiger partial charge is 0.310 e. The first kappa shape index (κ1) is 18.4. The lowest BCUT2D eigenvalue weighted by atomic mass is 9.97. The van der Waals surface area contributed by atoms with Crippen LogP contribution >= 0.6 is 22.7 Å². The SMILES string of the molecule is Cc1cnc2nc(NC(=O)CCc3nc4sc5c(c4c(=O)[nH]3)CCCC5)sc2c1. The highest BCUT2D eigenvalue weighted by atomic mass is 32.1. The summed E-state index contributed by atoms with van der Waals surface area (Å²) >= 11 is 3.03. The van der Waals surface area contributed by atoms with E-state index in [4.69, 9.17) is 0 Å². The lowest BCUT2D eigenvalue weighted by molar-refractivity contribution is -0.116. The molecule has 2 N–H and O–H groups in total. The molecule has 0 atom stereocenters. The Hall–Kier alpha value is -2.65. The van der Waals surface area contributed by atoms with Crippen molar-refractivity contribution in [1.29, 1.82) is 0 Å². The van der Waals surface area contributed by atoms with Crippen LogP contribution in [0.2, 0.25) is 0 Å². The number of aromatic amines is 1. The third kappa shape index (κ3) is 3.56. The Morgan fingerprint density at radius 1 is 1.24 bits per heavy atom. The summed E-state index contributed by atoms with van der Waals surface area (Å²) in [4.78, 5) is 43.1. The third-order valence-corrected chi connectivity index (χ3v) is 7.19. The van der Waals surface area contributed by atoms with E-state index in [0.29, 0.717) is 23.0 Å². The first-order valence-electron chi connectivity index (χ1n) is 9.63. The van der Waals surface area contributed by atoms with Crippen molar-refractivity contribution in [2.24, 2.45) is 0 Å². The van der Waals surface area contributed by atoms with Crippen LogP contribution in [-0.4, -0.2) is 25.8 Å². The molecule has 0 spiro atoms. The van der Waals surface area contributed by atoms with Crippen molar-refractivity contribution in [3.05, 3.63) is 44.4 Å². The topological polar surface area (TPSA) is 101 Å². The van der Waals surface area contributed by atoms with E-state index in [1.54, 1.807) is 17.5 Å². The van der Waals surface area contributed by atoms with Gasteiger partial charge in [-0.2, -0.15) is 4.98 Å². The number of thiophene rings is 1. The maximum Gasteiger partial charge on any atom is 0.259 e. The van der Waals surface area contributed by atoms with Crippen LogP contribution in [0.15, 0.2) is 17.1 Å². The smallest absolute Gasteiger partial charge is 0.259 e. The number of pyridine rings is 1. The average Bonchev–Trinajstić information content (AvgIpc) is 3.26. The average molecular weight is 426 g/mol. The summed E-state index contributed by atoms with van der Waals surface area (Å²) in [7, 11) is 0. The van der Waals surface area contributed by atoms with Gasteiger partial charge in [-0.3, -0.25) is 9.59 Å². The Balaban J connectivity index is 1.30. The Labute approximate surface area is 174 Å². The fourth-order valence-corrected chi connectivity index (χ4v) is 5.93. The van der Waals surface area contributed by atoms with Crippen molar-refractivity contribution >= 4 is 54.3 Å². The van der Waals surface area contributed by atoms with Crippen LogP contribution in [0.25, 0.3) is 20.6 Å². The van der Waals surface area contributed by atoms with Gasteiger partial charge in [-0.25, -0.2) is 9.97 Å². The number of nitrogens with zero attached hydrogens (tertiary/aromatic N) is 3. The van der Waals surface area contributed by atoms with E-state index in [0.717, 1.165) is 39.7 Å². The van der Waals surface area contributed by atoms with Crippen LogP contribution in [0.1, 0.15) is 41.1 Å². The molecule has 0 fully saturated rings. The second-order valence-corrected chi connectivity index (χ2v) is 9.42. The van der Waals surface area contributed by atoms with Crippen molar-refractivity contribution in [3.8, 4) is 0 Å². The summed E-state index contributed by atoms with van der Waals surface area (Å²) in [5.41, 5.74) is 2.78. The van der Waals surface area contributed by atoms with Crippen molar-refractivity contribution in [2.45, 2.75) is 45.4 Å². The van der Waals surface area contributed by atoms with E-state index in [2.05, 4.69) is 25.3 Å². The number of aromatic nitrogens is 4. The highest BCUT2D eigenvalue weighted by Gasteiger charge is 2.20. The van der Waals surface area contributed by atoms with Crippen molar-refractivity contribution in [3.63, 3.8) is 0 Å². The van der Waals surface area contributed by atoms with Gasteiger partial charge in [-0.05, 0) is 49.8 Å². The Morgan fingerprint density at radius 3 is 3.00 bits per heavy atom. The minimum atomic E-state index is -0.158. The van der Waals surface area contributed by atoms with Gasteiger partial charge in [0.15, 0.2) is 10.8 Å². The molecule has 148 valence electrons. The van der Waals surface area contributed by atoms with Crippen molar-refractivity contribution < 1.29 is 4.79 Å². The first-order valence-corrected chi connectivity index (χ1v) is 11.3. The summed E-state index contributed by atoms with van der Waals surface area (Å²) in [5, 5.41) is 4.10. The van der Waals surface area contributed by atoms with E-state index < -0.39 is 0 Å². The molecule has 7 nitrogen and oxygen atoms in total. The second-order valence-electron chi connectivity index (χ2n) is 7.31. The zero-order chi connectivity index (χ0) is 20.0. The molecule has 1 aliphatic carbocycles. The number of hydrogen-bond donors (Lipinski definition) is 2. The van der Waals surface area contributed by atoms with Gasteiger partial charge in [0, 0.05) is 23.9 Å². The molecule has 0 saturated heterocycles. The molecule has 29 heavy (non-hydrogen) atoms. The molecule has 4 aromatic heterocycles. The molecule has 4 aromatic rings. The highest BCUT2D eigenvalue weighted by Crippen LogP contribution is 2.33. The molecule has 4 heterocycles. The minimum Gasteiger partial charge on any atom is -0.310 e. The standard InChI is InChI=1S/C20H19N5O2S2/c1-10-8-13-17(21-9-10)25-20(29-13)24-15(26)7-6-14-22-18(27)16-11-4-2-3-5-12(11)28-19(16)23-14/h8-9H,2-7H2,1H3,(H,22,23,27)(H,21,24,25,26). The Bertz CT molecular complexity index is 1300. The van der Waals surface area contributed by atoms with E-state index in [1.165, 1.54) is 28.2 Å². The quantitative estimate of drug-likeness (QED) is 0.519. The number of H-pyrrole nitrogens is 1. The monoisotopic (exact) mass is 425 g/mol. The van der Waals surface area contributed by atoms with Crippen molar-refractivity contribution in [2.75, 3.05) is 5.32 Å². The van der Waals surface area contributed by atoms with E-state index >= 15 is 0 Å². The van der Waals surface area contributed by atoms with Crippen LogP contribution in [-0.2, 0) is 24.1 Å². The zero-order valence-corrected chi connectivity index (χ0v) is 17.5. The number of hydrogen-bond acceptors (Lipinski definition) is 7. The number of carbonyl (C=O) groups is 1. The van der Waals surface area contributed by atoms with Gasteiger partial charge in [0.2, 0.25) is 5.91 Å². The van der Waals surface area contributed by atoms with Crippen LogP contribution in [0.5, 0.6) is 0 Å². The van der Waals surface area contributed by atoms with Gasteiger partial charge in [-0.1, -0.05) is 11.3 Å². The van der Waals surface area contributed by atoms with Crippen LogP contribution in [0, 0.1) is 6.92 Å². The summed E-state index contributed by atoms with van der Waals surface area (Å²) in [6.45, 7) is 1.97. The number of anilines is 1. The molecular weight excluding hydrogens is 406 g/mol. The Morgan fingerprint density at radius 2 is 2.10 bits per heavy atom. The molecule has 0 radical (unpaired) electrons. The summed E-state index contributed by atoms with van der Waals surface area (Å²) in [5.74, 6) is 0.395. The molecule has 1 amide bonds. The summed E-state index contributed by atoms with van der Waals surface area (Å²) < 4.78 is 0.943. The first-order chi connectivity index (χ1) is 14.1. The molecule has 5 rings (SSSR count). The van der Waals surface area contributed by atoms with Gasteiger partial charge in [0.1, 0.15) is 10.7 Å². The maximum atomic E-state index is 12.6. The molecule has 0 aromatic carbocycles. The second kappa shape index (κ2) is 7.31. The van der Waals surface area contributed by atoms with Crippen molar-refractivity contribution in [1.82, 2.24) is 19.9 Å². The van der Waals surface area contributed by atoms with Gasteiger partial charge in [0.25, 0.3) is 5.56 Å². The van der Waals surface area contributed by atoms with Gasteiger partial charge < -0.3 is 10.3 Å². The summed E-state index contributed by atoms with van der Waals surface area (Å²) in [6.07, 6.45) is 6.65. The number of amides is 1. The molecule has 0 saturated carbocycles. The maximum absolute atomic E-state index is 12.6. The number of thiazole rings is 1. The van der Waals surface area contributed by atoms with Crippen LogP contribution in [0.3, 0.4) is 0 Å². The summed E-state index contributed by atoms with van der Waals surface area (Å²) in [6, 6.07) is 2.00. The van der Waals surface area contributed by atoms with Gasteiger partial charge in [0.05, 0.1) is 10.1 Å². The number of rotatable bonds is 4. The van der Waals surface area contributed by atoms with Gasteiger partial charge >= 0.3 is 0 Å². The fraction of sp³-hybridized carbons (Fsp3) is 0.350. The predicted molar refractivity (Wildman–Crippen MR) is 116 cm³/mol. The normalized spacial score (nSPS) is 13.7. The van der Waals surface area contributed by atoms with E-state index in [1.807, 2.05) is 13.0 Å². The molecule has 9 heteroatoms. The number of aryl methyl sites for hydroxylation is 4. The molecular formula is C20H19N5O2S2. The fourth-order valence-electron chi connectivity index (χ4n) is 3.71. The lowest BCUT2D eigenvalue weighted by Gasteiger charge is -2.09. The Kier molecular flexibility index (Phi) is 4.63. The van der Waals surface area contributed by atoms with Crippen LogP contribution in [0.4, 0.5) is 5.13 Å². The van der Waals surface area contributed by atoms with E-state index in [-0.39, 0.29) is 17.9 Å². The van der Waals surface area contributed by atoms with Crippen LogP contribution < -0.4 is 10.9 Å². The molecule has 1 aliphatic rings. The minimum absolute atomic E-state index is 0.0857. The zero-order valence-electron chi connectivity index (χ0n) is 15.9. The molecule has 0 bridgehead atoms. The number of fused-ring (bicyclic) bond motifs is 4. The lowest BCUT2D eigenvalue weighted by Crippen LogP contribution is -2.16. The molecule has 0 unspecified atom stereocenters. The molecule has 0 aliphatic heterocycles. The van der Waals surface area contributed by atoms with E-state index in [9.17, 15) is 9.59 Å². The predicted octanol–water partition coefficient (Wildman–Crippen LogP) is 3.75. The number of nitrogens with one attached hydrogen (secondary N) is 2. The number of carbonyl (C=O) groups excluding carboxylic acids is 1.